The van der Waals surface area contributed by atoms with E-state index in [1.807, 2.05) is 24.4 Å². The Hall–Kier alpha value is -1.48. The summed E-state index contributed by atoms with van der Waals surface area (Å²) in [7, 11) is 0. The van der Waals surface area contributed by atoms with Gasteiger partial charge >= 0.3 is 0 Å². The third-order valence-corrected chi connectivity index (χ3v) is 5.45. The molecule has 116 valence electrons. The lowest BCUT2D eigenvalue weighted by Crippen LogP contribution is -2.39. The predicted molar refractivity (Wildman–Crippen MR) is 89.3 cm³/mol. The standard InChI is InChI=1S/C18H21ClN2O/c19-13-5-6-16-14(11-13)15(12-20-16)18(7-8-18)17(22)21-9-3-1-2-4-10-21/h5-6,11-12,20H,1-4,7-10H2. The van der Waals surface area contributed by atoms with Crippen molar-refractivity contribution in [3.8, 4) is 0 Å². The number of halogens is 1. The zero-order valence-electron chi connectivity index (χ0n) is 12.7. The number of nitrogens with one attached hydrogen (secondary N) is 1. The Morgan fingerprint density at radius 2 is 1.86 bits per heavy atom. The maximum absolute atomic E-state index is 13.1. The fourth-order valence-electron chi connectivity index (χ4n) is 3.79. The van der Waals surface area contributed by atoms with Crippen molar-refractivity contribution in [3.63, 3.8) is 0 Å². The van der Waals surface area contributed by atoms with Crippen molar-refractivity contribution in [1.82, 2.24) is 9.88 Å². The van der Waals surface area contributed by atoms with Gasteiger partial charge in [0.15, 0.2) is 0 Å². The van der Waals surface area contributed by atoms with Crippen LogP contribution in [0.3, 0.4) is 0 Å². The maximum atomic E-state index is 13.1. The van der Waals surface area contributed by atoms with Crippen molar-refractivity contribution >= 4 is 28.4 Å². The molecule has 2 fully saturated rings. The highest BCUT2D eigenvalue weighted by molar-refractivity contribution is 6.31. The molecule has 0 bridgehead atoms. The van der Waals surface area contributed by atoms with Crippen LogP contribution in [-0.4, -0.2) is 28.9 Å². The fraction of sp³-hybridized carbons (Fsp3) is 0.500. The quantitative estimate of drug-likeness (QED) is 0.883. The largest absolute Gasteiger partial charge is 0.361 e. The van der Waals surface area contributed by atoms with Crippen molar-refractivity contribution in [2.45, 2.75) is 43.9 Å². The number of fused-ring (bicyclic) bond motifs is 1. The van der Waals surface area contributed by atoms with Gasteiger partial charge in [0.25, 0.3) is 0 Å². The number of hydrogen-bond acceptors (Lipinski definition) is 1. The van der Waals surface area contributed by atoms with Crippen LogP contribution in [0.4, 0.5) is 0 Å². The molecular weight excluding hydrogens is 296 g/mol. The lowest BCUT2D eigenvalue weighted by atomic mass is 9.93. The number of amides is 1. The van der Waals surface area contributed by atoms with Crippen LogP contribution in [0.1, 0.15) is 44.1 Å². The summed E-state index contributed by atoms with van der Waals surface area (Å²) in [6.45, 7) is 1.84. The average Bonchev–Trinajstić information content (AvgIpc) is 3.28. The van der Waals surface area contributed by atoms with Crippen LogP contribution < -0.4 is 0 Å². The molecule has 1 saturated heterocycles. The van der Waals surface area contributed by atoms with E-state index in [1.165, 1.54) is 12.8 Å². The van der Waals surface area contributed by atoms with Gasteiger partial charge in [-0.15, -0.1) is 0 Å². The summed E-state index contributed by atoms with van der Waals surface area (Å²) in [5.74, 6) is 0.329. The number of carbonyl (C=O) groups excluding carboxylic acids is 1. The van der Waals surface area contributed by atoms with Crippen LogP contribution in [0.2, 0.25) is 5.02 Å². The van der Waals surface area contributed by atoms with E-state index in [-0.39, 0.29) is 5.41 Å². The number of aromatic amines is 1. The summed E-state index contributed by atoms with van der Waals surface area (Å²) >= 11 is 6.16. The molecule has 1 amide bonds. The predicted octanol–water partition coefficient (Wildman–Crippen LogP) is 4.26. The second-order valence-corrected chi connectivity index (χ2v) is 7.12. The first-order valence-electron chi connectivity index (χ1n) is 8.27. The molecule has 2 heterocycles. The van der Waals surface area contributed by atoms with E-state index >= 15 is 0 Å². The minimum Gasteiger partial charge on any atom is -0.361 e. The van der Waals surface area contributed by atoms with Gasteiger partial charge in [-0.25, -0.2) is 0 Å². The number of carbonyl (C=O) groups is 1. The molecule has 4 rings (SSSR count). The van der Waals surface area contributed by atoms with Crippen molar-refractivity contribution in [2.24, 2.45) is 0 Å². The van der Waals surface area contributed by atoms with Crippen LogP contribution in [0, 0.1) is 0 Å². The molecule has 4 heteroatoms. The molecular formula is C18H21ClN2O. The number of rotatable bonds is 2. The number of H-pyrrole nitrogens is 1. The second-order valence-electron chi connectivity index (χ2n) is 6.68. The van der Waals surface area contributed by atoms with Gasteiger partial charge in [-0.1, -0.05) is 24.4 Å². The Labute approximate surface area is 135 Å². The molecule has 2 aliphatic rings. The molecule has 1 aliphatic carbocycles. The minimum absolute atomic E-state index is 0.298. The minimum atomic E-state index is -0.298. The van der Waals surface area contributed by atoms with Gasteiger partial charge in [-0.2, -0.15) is 0 Å². The Kier molecular flexibility index (Phi) is 3.41. The normalized spacial score (nSPS) is 20.9. The van der Waals surface area contributed by atoms with E-state index < -0.39 is 0 Å². The first-order valence-corrected chi connectivity index (χ1v) is 8.65. The molecule has 3 nitrogen and oxygen atoms in total. The Morgan fingerprint density at radius 1 is 1.14 bits per heavy atom. The monoisotopic (exact) mass is 316 g/mol. The van der Waals surface area contributed by atoms with Crippen LogP contribution in [-0.2, 0) is 10.2 Å². The van der Waals surface area contributed by atoms with Gasteiger partial charge in [0, 0.05) is 35.2 Å². The van der Waals surface area contributed by atoms with Gasteiger partial charge in [-0.05, 0) is 49.4 Å². The van der Waals surface area contributed by atoms with Crippen LogP contribution >= 0.6 is 11.6 Å². The molecule has 1 aliphatic heterocycles. The number of hydrogen-bond donors (Lipinski definition) is 1. The van der Waals surface area contributed by atoms with E-state index in [0.717, 1.165) is 60.3 Å². The Bertz CT molecular complexity index is 709. The molecule has 1 N–H and O–H groups in total. The summed E-state index contributed by atoms with van der Waals surface area (Å²) in [5, 5.41) is 1.83. The van der Waals surface area contributed by atoms with E-state index in [0.29, 0.717) is 5.91 Å². The third kappa shape index (κ3) is 2.23. The highest BCUT2D eigenvalue weighted by atomic mass is 35.5. The smallest absolute Gasteiger partial charge is 0.233 e. The van der Waals surface area contributed by atoms with Crippen molar-refractivity contribution in [3.05, 3.63) is 35.0 Å². The molecule has 2 aromatic rings. The summed E-state index contributed by atoms with van der Waals surface area (Å²) in [6.07, 6.45) is 8.72. The molecule has 0 spiro atoms. The number of nitrogens with zero attached hydrogens (tertiary/aromatic N) is 1. The zero-order chi connectivity index (χ0) is 15.2. The number of likely N-dealkylation sites (tertiary alicyclic amines) is 1. The lowest BCUT2D eigenvalue weighted by Gasteiger charge is -2.26. The van der Waals surface area contributed by atoms with E-state index in [9.17, 15) is 4.79 Å². The third-order valence-electron chi connectivity index (χ3n) is 5.21. The fourth-order valence-corrected chi connectivity index (χ4v) is 3.96. The molecule has 0 atom stereocenters. The molecule has 22 heavy (non-hydrogen) atoms. The first-order chi connectivity index (χ1) is 10.7. The molecule has 1 aromatic heterocycles. The maximum Gasteiger partial charge on any atom is 0.233 e. The summed E-state index contributed by atoms with van der Waals surface area (Å²) in [4.78, 5) is 18.5. The zero-order valence-corrected chi connectivity index (χ0v) is 13.5. The number of aromatic nitrogens is 1. The van der Waals surface area contributed by atoms with E-state index in [1.54, 1.807) is 0 Å². The Morgan fingerprint density at radius 3 is 2.55 bits per heavy atom. The van der Waals surface area contributed by atoms with Crippen LogP contribution in [0.5, 0.6) is 0 Å². The summed E-state index contributed by atoms with van der Waals surface area (Å²) < 4.78 is 0. The van der Waals surface area contributed by atoms with Crippen LogP contribution in [0.15, 0.2) is 24.4 Å². The summed E-state index contributed by atoms with van der Waals surface area (Å²) in [6, 6.07) is 5.87. The lowest BCUT2D eigenvalue weighted by molar-refractivity contribution is -0.133. The first kappa shape index (κ1) is 14.1. The Balaban J connectivity index is 1.70. The molecule has 0 radical (unpaired) electrons. The van der Waals surface area contributed by atoms with E-state index in [2.05, 4.69) is 9.88 Å². The van der Waals surface area contributed by atoms with Crippen molar-refractivity contribution in [2.75, 3.05) is 13.1 Å². The molecule has 1 aromatic carbocycles. The highest BCUT2D eigenvalue weighted by Gasteiger charge is 2.54. The topological polar surface area (TPSA) is 36.1 Å². The molecule has 1 saturated carbocycles. The van der Waals surface area contributed by atoms with Gasteiger partial charge in [-0.3, -0.25) is 4.79 Å². The van der Waals surface area contributed by atoms with Crippen molar-refractivity contribution in [1.29, 1.82) is 0 Å². The SMILES string of the molecule is O=C(N1CCCCCC1)C1(c2c[nH]c3ccc(Cl)cc23)CC1. The van der Waals surface area contributed by atoms with Gasteiger partial charge in [0.1, 0.15) is 0 Å². The van der Waals surface area contributed by atoms with Gasteiger partial charge in [0.05, 0.1) is 5.41 Å². The van der Waals surface area contributed by atoms with Gasteiger partial charge in [0.2, 0.25) is 5.91 Å². The second kappa shape index (κ2) is 5.31. The summed E-state index contributed by atoms with van der Waals surface area (Å²) in [5.41, 5.74) is 1.90. The van der Waals surface area contributed by atoms with E-state index in [4.69, 9.17) is 11.6 Å². The highest BCUT2D eigenvalue weighted by Crippen LogP contribution is 2.52. The average molecular weight is 317 g/mol. The van der Waals surface area contributed by atoms with Gasteiger partial charge < -0.3 is 9.88 Å². The van der Waals surface area contributed by atoms with Crippen molar-refractivity contribution < 1.29 is 4.79 Å². The van der Waals surface area contributed by atoms with Crippen LogP contribution in [0.25, 0.3) is 10.9 Å². The molecule has 0 unspecified atom stereocenters. The number of benzene rings is 1.